The lowest BCUT2D eigenvalue weighted by molar-refractivity contribution is 0.149. The van der Waals surface area contributed by atoms with Gasteiger partial charge in [-0.15, -0.1) is 5.11 Å². The highest BCUT2D eigenvalue weighted by molar-refractivity contribution is 5.55. The fourth-order valence-electron chi connectivity index (χ4n) is 1.66. The van der Waals surface area contributed by atoms with Crippen molar-refractivity contribution in [2.45, 2.75) is 13.3 Å². The molecule has 0 aliphatic rings. The molecule has 0 aliphatic heterocycles. The topological polar surface area (TPSA) is 106 Å². The molecule has 7 heteroatoms. The summed E-state index contributed by atoms with van der Waals surface area (Å²) < 4.78 is 5.21. The van der Waals surface area contributed by atoms with Gasteiger partial charge in [0.15, 0.2) is 11.5 Å². The van der Waals surface area contributed by atoms with Crippen molar-refractivity contribution in [2.75, 3.05) is 18.9 Å². The van der Waals surface area contributed by atoms with Crippen molar-refractivity contribution in [3.63, 3.8) is 0 Å². The van der Waals surface area contributed by atoms with Crippen LogP contribution in [0.5, 0.6) is 0 Å². The molecule has 0 saturated heterocycles. The van der Waals surface area contributed by atoms with E-state index in [-0.39, 0.29) is 11.5 Å². The number of azo groups is 1. The maximum atomic E-state index is 11.9. The molecule has 21 heavy (non-hydrogen) atoms. The highest BCUT2D eigenvalue weighted by Gasteiger charge is 2.08. The number of hydrogen-bond donors (Lipinski definition) is 2. The predicted molar refractivity (Wildman–Crippen MR) is 80.1 cm³/mol. The maximum Gasteiger partial charge on any atom is 0.280 e. The Kier molecular flexibility index (Phi) is 5.16. The van der Waals surface area contributed by atoms with Gasteiger partial charge in [0.05, 0.1) is 12.3 Å². The fraction of sp³-hybridized carbons (Fsp3) is 0.286. The second kappa shape index (κ2) is 7.30. The number of hydrogen-bond acceptors (Lipinski definition) is 6. The lowest BCUT2D eigenvalue weighted by atomic mass is 10.3. The van der Waals surface area contributed by atoms with Crippen LogP contribution in [-0.2, 0) is 11.2 Å². The highest BCUT2D eigenvalue weighted by Crippen LogP contribution is 2.18. The number of benzene rings is 1. The van der Waals surface area contributed by atoms with Crippen molar-refractivity contribution in [1.82, 2.24) is 9.97 Å². The van der Waals surface area contributed by atoms with E-state index in [1.54, 1.807) is 12.1 Å². The molecular weight excluding hydrogens is 270 g/mol. The van der Waals surface area contributed by atoms with Gasteiger partial charge in [0.25, 0.3) is 5.56 Å². The zero-order valence-corrected chi connectivity index (χ0v) is 11.7. The van der Waals surface area contributed by atoms with E-state index in [1.165, 1.54) is 0 Å². The summed E-state index contributed by atoms with van der Waals surface area (Å²) in [6, 6.07) is 9.08. The number of H-pyrrole nitrogens is 1. The van der Waals surface area contributed by atoms with Crippen molar-refractivity contribution in [3.05, 3.63) is 46.5 Å². The molecule has 0 spiro atoms. The van der Waals surface area contributed by atoms with Crippen LogP contribution < -0.4 is 11.3 Å². The van der Waals surface area contributed by atoms with Crippen LogP contribution in [0.2, 0.25) is 0 Å². The molecule has 7 nitrogen and oxygen atoms in total. The third-order valence-electron chi connectivity index (χ3n) is 2.68. The predicted octanol–water partition coefficient (Wildman–Crippen LogP) is 2.35. The Bertz CT molecular complexity index is 667. The summed E-state index contributed by atoms with van der Waals surface area (Å²) >= 11 is 0. The number of ether oxygens (including phenoxy) is 1. The van der Waals surface area contributed by atoms with Crippen LogP contribution in [0.15, 0.2) is 45.4 Å². The first-order valence-corrected chi connectivity index (χ1v) is 6.64. The van der Waals surface area contributed by atoms with Gasteiger partial charge < -0.3 is 15.5 Å². The normalized spacial score (nSPS) is 11.1. The van der Waals surface area contributed by atoms with Gasteiger partial charge in [0.2, 0.25) is 0 Å². The SMILES string of the molecule is CCOCCc1nc(N)c(N=Nc2ccccc2)c(=O)[nH]1. The quantitative estimate of drug-likeness (QED) is 0.628. The summed E-state index contributed by atoms with van der Waals surface area (Å²) in [6.45, 7) is 2.99. The number of nitrogens with zero attached hydrogens (tertiary/aromatic N) is 3. The van der Waals surface area contributed by atoms with E-state index < -0.39 is 5.56 Å². The van der Waals surface area contributed by atoms with Crippen molar-refractivity contribution >= 4 is 17.2 Å². The van der Waals surface area contributed by atoms with Crippen LogP contribution in [0.25, 0.3) is 0 Å². The van der Waals surface area contributed by atoms with Crippen LogP contribution in [0.1, 0.15) is 12.7 Å². The maximum absolute atomic E-state index is 11.9. The first kappa shape index (κ1) is 14.9. The Labute approximate surface area is 121 Å². The molecule has 0 unspecified atom stereocenters. The van der Waals surface area contributed by atoms with E-state index in [0.717, 1.165) is 0 Å². The molecular formula is C14H17N5O2. The Balaban J connectivity index is 2.17. The van der Waals surface area contributed by atoms with Crippen LogP contribution in [-0.4, -0.2) is 23.2 Å². The average molecular weight is 287 g/mol. The smallest absolute Gasteiger partial charge is 0.280 e. The Hall–Kier alpha value is -2.54. The second-order valence-electron chi connectivity index (χ2n) is 4.23. The molecule has 3 N–H and O–H groups in total. The molecule has 2 aromatic rings. The second-order valence-corrected chi connectivity index (χ2v) is 4.23. The lowest BCUT2D eigenvalue weighted by Crippen LogP contribution is -2.15. The molecule has 0 radical (unpaired) electrons. The molecule has 0 amide bonds. The van der Waals surface area contributed by atoms with Crippen LogP contribution >= 0.6 is 0 Å². The third kappa shape index (κ3) is 4.22. The van der Waals surface area contributed by atoms with Gasteiger partial charge in [-0.2, -0.15) is 5.11 Å². The van der Waals surface area contributed by atoms with E-state index in [0.29, 0.717) is 31.1 Å². The summed E-state index contributed by atoms with van der Waals surface area (Å²) in [5.41, 5.74) is 6.01. The minimum Gasteiger partial charge on any atom is -0.382 e. The molecule has 0 aliphatic carbocycles. The lowest BCUT2D eigenvalue weighted by Gasteiger charge is -2.03. The van der Waals surface area contributed by atoms with Crippen LogP contribution in [0, 0.1) is 0 Å². The number of nitrogens with two attached hydrogens (primary N) is 1. The molecule has 2 rings (SSSR count). The first-order chi connectivity index (χ1) is 10.2. The summed E-state index contributed by atoms with van der Waals surface area (Å²) in [6.07, 6.45) is 0.489. The molecule has 0 atom stereocenters. The standard InChI is InChI=1S/C14H17N5O2/c1-2-21-9-8-11-16-13(15)12(14(20)17-11)19-18-10-6-4-3-5-7-10/h3-7H,2,8-9H2,1H3,(H3,15,16,17,20). The van der Waals surface area contributed by atoms with E-state index in [4.69, 9.17) is 10.5 Å². The average Bonchev–Trinajstić information content (AvgIpc) is 2.48. The Morgan fingerprint density at radius 2 is 2.05 bits per heavy atom. The number of aromatic amines is 1. The Morgan fingerprint density at radius 3 is 2.71 bits per heavy atom. The minimum absolute atomic E-state index is 0.0130. The molecule has 1 aromatic carbocycles. The molecule has 110 valence electrons. The van der Waals surface area contributed by atoms with E-state index in [2.05, 4.69) is 20.2 Å². The zero-order valence-electron chi connectivity index (χ0n) is 11.7. The summed E-state index contributed by atoms with van der Waals surface area (Å²) in [4.78, 5) is 18.7. The first-order valence-electron chi connectivity index (χ1n) is 6.64. The number of nitrogen functional groups attached to an aromatic ring is 1. The third-order valence-corrected chi connectivity index (χ3v) is 2.68. The monoisotopic (exact) mass is 287 g/mol. The summed E-state index contributed by atoms with van der Waals surface area (Å²) in [5.74, 6) is 0.537. The number of rotatable bonds is 6. The number of anilines is 1. The molecule has 0 saturated carbocycles. The van der Waals surface area contributed by atoms with Crippen molar-refractivity contribution in [3.8, 4) is 0 Å². The van der Waals surface area contributed by atoms with Gasteiger partial charge in [-0.1, -0.05) is 18.2 Å². The van der Waals surface area contributed by atoms with Crippen LogP contribution in [0.3, 0.4) is 0 Å². The van der Waals surface area contributed by atoms with Crippen molar-refractivity contribution < 1.29 is 4.74 Å². The van der Waals surface area contributed by atoms with Gasteiger partial charge in [-0.3, -0.25) is 4.79 Å². The number of aromatic nitrogens is 2. The fourth-order valence-corrected chi connectivity index (χ4v) is 1.66. The van der Waals surface area contributed by atoms with Crippen molar-refractivity contribution in [1.29, 1.82) is 0 Å². The van der Waals surface area contributed by atoms with Gasteiger partial charge in [-0.25, -0.2) is 4.98 Å². The van der Waals surface area contributed by atoms with Gasteiger partial charge in [0.1, 0.15) is 5.82 Å². The Morgan fingerprint density at radius 1 is 1.29 bits per heavy atom. The van der Waals surface area contributed by atoms with Gasteiger partial charge in [-0.05, 0) is 19.1 Å². The molecule has 0 fully saturated rings. The van der Waals surface area contributed by atoms with E-state index in [1.807, 2.05) is 25.1 Å². The summed E-state index contributed by atoms with van der Waals surface area (Å²) in [7, 11) is 0. The van der Waals surface area contributed by atoms with Gasteiger partial charge in [0, 0.05) is 13.0 Å². The summed E-state index contributed by atoms with van der Waals surface area (Å²) in [5, 5.41) is 7.84. The molecule has 0 bridgehead atoms. The van der Waals surface area contributed by atoms with Crippen molar-refractivity contribution in [2.24, 2.45) is 10.2 Å². The largest absolute Gasteiger partial charge is 0.382 e. The number of nitrogens with one attached hydrogen (secondary N) is 1. The van der Waals surface area contributed by atoms with E-state index in [9.17, 15) is 4.79 Å². The van der Waals surface area contributed by atoms with E-state index >= 15 is 0 Å². The molecule has 1 heterocycles. The minimum atomic E-state index is -0.409. The highest BCUT2D eigenvalue weighted by atomic mass is 16.5. The van der Waals surface area contributed by atoms with Crippen LogP contribution in [0.4, 0.5) is 17.2 Å². The zero-order chi connectivity index (χ0) is 15.1. The van der Waals surface area contributed by atoms with Gasteiger partial charge >= 0.3 is 0 Å². The molecule has 1 aromatic heterocycles.